The minimum atomic E-state index is -0.466. The summed E-state index contributed by atoms with van der Waals surface area (Å²) in [5, 5.41) is 11.3. The second kappa shape index (κ2) is 3.39. The fourth-order valence-corrected chi connectivity index (χ4v) is 2.31. The van der Waals surface area contributed by atoms with Crippen LogP contribution in [0.15, 0.2) is 18.2 Å². The first-order valence-electron chi connectivity index (χ1n) is 4.14. The van der Waals surface area contributed by atoms with E-state index in [1.165, 1.54) is 0 Å². The molecule has 0 aliphatic heterocycles. The Bertz CT molecular complexity index is 535. The van der Waals surface area contributed by atoms with E-state index >= 15 is 0 Å². The van der Waals surface area contributed by atoms with E-state index in [1.54, 1.807) is 25.3 Å². The highest BCUT2D eigenvalue weighted by Crippen LogP contribution is 2.40. The molecule has 15 heavy (non-hydrogen) atoms. The van der Waals surface area contributed by atoms with Gasteiger partial charge in [0.15, 0.2) is 0 Å². The first-order chi connectivity index (χ1) is 7.13. The quantitative estimate of drug-likeness (QED) is 0.627. The smallest absolute Gasteiger partial charge is 0.348 e. The molecule has 0 unspecified atom stereocenters. The molecule has 6 heteroatoms. The third kappa shape index (κ3) is 1.48. The number of nitro groups is 1. The molecule has 1 aromatic heterocycles. The van der Waals surface area contributed by atoms with Gasteiger partial charge in [0, 0.05) is 10.1 Å². The van der Waals surface area contributed by atoms with Crippen LogP contribution in [0.25, 0.3) is 10.1 Å². The fourth-order valence-electron chi connectivity index (χ4n) is 1.35. The number of hydrogen-bond acceptors (Lipinski definition) is 5. The van der Waals surface area contributed by atoms with Crippen LogP contribution in [-0.2, 0) is 0 Å². The highest BCUT2D eigenvalue weighted by Gasteiger charge is 2.18. The number of thiophene rings is 1. The summed E-state index contributed by atoms with van der Waals surface area (Å²) in [5.41, 5.74) is 5.88. The Balaban J connectivity index is 2.70. The van der Waals surface area contributed by atoms with Crippen molar-refractivity contribution in [3.8, 4) is 5.75 Å². The van der Waals surface area contributed by atoms with Gasteiger partial charge in [-0.2, -0.15) is 0 Å². The third-order valence-electron chi connectivity index (χ3n) is 2.08. The second-order valence-electron chi connectivity index (χ2n) is 2.94. The summed E-state index contributed by atoms with van der Waals surface area (Å²) in [5.74, 6) is 0.665. The first kappa shape index (κ1) is 9.72. The summed E-state index contributed by atoms with van der Waals surface area (Å²) >= 11 is 1.06. The van der Waals surface area contributed by atoms with Crippen molar-refractivity contribution >= 4 is 32.1 Å². The maximum Gasteiger partial charge on any atom is 0.348 e. The molecular formula is C9H8N2O3S. The molecule has 0 amide bonds. The van der Waals surface area contributed by atoms with Crippen LogP contribution in [0.2, 0.25) is 0 Å². The van der Waals surface area contributed by atoms with Gasteiger partial charge in [-0.15, -0.1) is 0 Å². The average molecular weight is 224 g/mol. The Labute approximate surface area is 89.2 Å². The summed E-state index contributed by atoms with van der Waals surface area (Å²) in [6.45, 7) is 0. The lowest BCUT2D eigenvalue weighted by atomic mass is 10.2. The molecule has 2 aromatic rings. The van der Waals surface area contributed by atoms with E-state index in [2.05, 4.69) is 0 Å². The highest BCUT2D eigenvalue weighted by molar-refractivity contribution is 7.22. The number of anilines is 1. The van der Waals surface area contributed by atoms with E-state index in [1.807, 2.05) is 0 Å². The maximum atomic E-state index is 10.7. The van der Waals surface area contributed by atoms with E-state index in [-0.39, 0.29) is 10.7 Å². The van der Waals surface area contributed by atoms with Crippen molar-refractivity contribution in [2.75, 3.05) is 12.8 Å². The Kier molecular flexibility index (Phi) is 2.20. The minimum absolute atomic E-state index is 0.0155. The maximum absolute atomic E-state index is 10.7. The highest BCUT2D eigenvalue weighted by atomic mass is 32.1. The molecule has 2 rings (SSSR count). The minimum Gasteiger partial charge on any atom is -0.497 e. The van der Waals surface area contributed by atoms with Crippen LogP contribution in [-0.4, -0.2) is 12.0 Å². The van der Waals surface area contributed by atoms with Crippen molar-refractivity contribution in [1.29, 1.82) is 0 Å². The number of benzene rings is 1. The number of rotatable bonds is 2. The van der Waals surface area contributed by atoms with Gasteiger partial charge in [-0.1, -0.05) is 11.3 Å². The number of hydrogen-bond donors (Lipinski definition) is 1. The molecule has 0 aliphatic rings. The largest absolute Gasteiger partial charge is 0.497 e. The summed E-state index contributed by atoms with van der Waals surface area (Å²) < 4.78 is 5.79. The van der Waals surface area contributed by atoms with Crippen LogP contribution in [0.5, 0.6) is 5.75 Å². The summed E-state index contributed by atoms with van der Waals surface area (Å²) in [6.07, 6.45) is 0. The zero-order chi connectivity index (χ0) is 11.0. The SMILES string of the molecule is COc1ccc2c(N)c([N+](=O)[O-])sc2c1. The van der Waals surface area contributed by atoms with Gasteiger partial charge in [0.25, 0.3) is 0 Å². The van der Waals surface area contributed by atoms with Crippen molar-refractivity contribution in [2.24, 2.45) is 0 Å². The second-order valence-corrected chi connectivity index (χ2v) is 3.97. The predicted molar refractivity (Wildman–Crippen MR) is 59.4 cm³/mol. The molecule has 0 fully saturated rings. The average Bonchev–Trinajstić information content (AvgIpc) is 2.55. The normalized spacial score (nSPS) is 10.5. The summed E-state index contributed by atoms with van der Waals surface area (Å²) in [4.78, 5) is 10.2. The van der Waals surface area contributed by atoms with Crippen LogP contribution >= 0.6 is 11.3 Å². The molecule has 5 nitrogen and oxygen atoms in total. The number of ether oxygens (including phenoxy) is 1. The predicted octanol–water partition coefficient (Wildman–Crippen LogP) is 2.40. The molecule has 0 spiro atoms. The van der Waals surface area contributed by atoms with E-state index in [0.29, 0.717) is 11.1 Å². The number of nitrogen functional groups attached to an aromatic ring is 1. The van der Waals surface area contributed by atoms with Crippen molar-refractivity contribution in [1.82, 2.24) is 0 Å². The standard InChI is InChI=1S/C9H8N2O3S/c1-14-5-2-3-6-7(4-5)15-9(8(6)10)11(12)13/h2-4H,10H2,1H3. The molecule has 1 heterocycles. The van der Waals surface area contributed by atoms with Crippen LogP contribution in [0.4, 0.5) is 10.7 Å². The third-order valence-corrected chi connectivity index (χ3v) is 3.20. The van der Waals surface area contributed by atoms with Gasteiger partial charge in [-0.05, 0) is 18.2 Å². The van der Waals surface area contributed by atoms with Crippen molar-refractivity contribution in [2.45, 2.75) is 0 Å². The lowest BCUT2D eigenvalue weighted by Crippen LogP contribution is -1.90. The van der Waals surface area contributed by atoms with E-state index < -0.39 is 4.92 Å². The molecule has 1 aromatic carbocycles. The van der Waals surface area contributed by atoms with Gasteiger partial charge in [-0.3, -0.25) is 10.1 Å². The van der Waals surface area contributed by atoms with Gasteiger partial charge in [0.05, 0.1) is 12.0 Å². The Hall–Kier alpha value is -1.82. The number of fused-ring (bicyclic) bond motifs is 1. The van der Waals surface area contributed by atoms with E-state index in [9.17, 15) is 10.1 Å². The Morgan fingerprint density at radius 1 is 1.53 bits per heavy atom. The zero-order valence-corrected chi connectivity index (χ0v) is 8.71. The fraction of sp³-hybridized carbons (Fsp3) is 0.111. The Morgan fingerprint density at radius 3 is 2.87 bits per heavy atom. The van der Waals surface area contributed by atoms with E-state index in [4.69, 9.17) is 10.5 Å². The lowest BCUT2D eigenvalue weighted by molar-refractivity contribution is -0.379. The number of nitrogens with two attached hydrogens (primary N) is 1. The zero-order valence-electron chi connectivity index (χ0n) is 7.89. The molecule has 2 N–H and O–H groups in total. The molecule has 0 atom stereocenters. The molecule has 0 saturated heterocycles. The molecule has 78 valence electrons. The summed E-state index contributed by atoms with van der Waals surface area (Å²) in [6, 6.07) is 5.20. The van der Waals surface area contributed by atoms with Gasteiger partial charge < -0.3 is 10.5 Å². The van der Waals surface area contributed by atoms with Gasteiger partial charge >= 0.3 is 5.00 Å². The first-order valence-corrected chi connectivity index (χ1v) is 4.95. The van der Waals surface area contributed by atoms with Crippen molar-refractivity contribution in [3.05, 3.63) is 28.3 Å². The van der Waals surface area contributed by atoms with Gasteiger partial charge in [0.1, 0.15) is 11.4 Å². The molecule has 0 radical (unpaired) electrons. The van der Waals surface area contributed by atoms with Gasteiger partial charge in [-0.25, -0.2) is 0 Å². The monoisotopic (exact) mass is 224 g/mol. The number of nitrogens with zero attached hydrogens (tertiary/aromatic N) is 1. The van der Waals surface area contributed by atoms with Crippen molar-refractivity contribution < 1.29 is 9.66 Å². The Morgan fingerprint density at radius 2 is 2.27 bits per heavy atom. The van der Waals surface area contributed by atoms with E-state index in [0.717, 1.165) is 16.0 Å². The molecular weight excluding hydrogens is 216 g/mol. The van der Waals surface area contributed by atoms with Crippen molar-refractivity contribution in [3.63, 3.8) is 0 Å². The topological polar surface area (TPSA) is 78.4 Å². The van der Waals surface area contributed by atoms with Crippen LogP contribution < -0.4 is 10.5 Å². The van der Waals surface area contributed by atoms with Gasteiger partial charge in [0.2, 0.25) is 0 Å². The van der Waals surface area contributed by atoms with Crippen LogP contribution in [0, 0.1) is 10.1 Å². The number of methoxy groups -OCH3 is 1. The van der Waals surface area contributed by atoms with Crippen LogP contribution in [0.1, 0.15) is 0 Å². The molecule has 0 bridgehead atoms. The van der Waals surface area contributed by atoms with Crippen LogP contribution in [0.3, 0.4) is 0 Å². The molecule has 0 saturated carbocycles. The molecule has 0 aliphatic carbocycles. The summed E-state index contributed by atoms with van der Waals surface area (Å²) in [7, 11) is 1.55. The lowest BCUT2D eigenvalue weighted by Gasteiger charge is -1.97.